The summed E-state index contributed by atoms with van der Waals surface area (Å²) in [5.74, 6) is 0. The summed E-state index contributed by atoms with van der Waals surface area (Å²) in [4.78, 5) is 4.31. The number of aromatic nitrogens is 5. The molecule has 20 heavy (non-hydrogen) atoms. The van der Waals surface area contributed by atoms with Crippen molar-refractivity contribution in [3.63, 3.8) is 0 Å². The Hall–Kier alpha value is -1.47. The molecule has 1 atom stereocenters. The molecule has 1 aliphatic rings. The fraction of sp³-hybridized carbons (Fsp3) is 0.538. The Balaban J connectivity index is 1.81. The Morgan fingerprint density at radius 1 is 1.40 bits per heavy atom. The highest BCUT2D eigenvalue weighted by molar-refractivity contribution is 7.99. The smallest absolute Gasteiger partial charge is 0.215 e. The molecule has 0 bridgehead atoms. The summed E-state index contributed by atoms with van der Waals surface area (Å²) in [7, 11) is 0. The Morgan fingerprint density at radius 3 is 2.95 bits per heavy atom. The van der Waals surface area contributed by atoms with Crippen LogP contribution in [0.15, 0.2) is 28.5 Å². The van der Waals surface area contributed by atoms with Crippen molar-refractivity contribution in [1.29, 1.82) is 0 Å². The van der Waals surface area contributed by atoms with E-state index in [-0.39, 0.29) is 0 Å². The van der Waals surface area contributed by atoms with Gasteiger partial charge in [0.2, 0.25) is 5.16 Å². The molecule has 3 rings (SSSR count). The summed E-state index contributed by atoms with van der Waals surface area (Å²) >= 11 is 1.44. The number of tetrazole rings is 1. The van der Waals surface area contributed by atoms with Gasteiger partial charge in [0.25, 0.3) is 0 Å². The molecule has 2 aromatic rings. The first kappa shape index (κ1) is 13.5. The third-order valence-corrected chi connectivity index (χ3v) is 4.45. The molecule has 0 radical (unpaired) electrons. The zero-order valence-corrected chi connectivity index (χ0v) is 12.1. The van der Waals surface area contributed by atoms with Gasteiger partial charge in [0, 0.05) is 6.20 Å². The number of rotatable bonds is 4. The van der Waals surface area contributed by atoms with Crippen LogP contribution in [0.1, 0.15) is 50.3 Å². The van der Waals surface area contributed by atoms with Crippen LogP contribution in [-0.2, 0) is 0 Å². The Morgan fingerprint density at radius 2 is 2.20 bits per heavy atom. The summed E-state index contributed by atoms with van der Waals surface area (Å²) in [6.07, 6.45) is 5.96. The van der Waals surface area contributed by atoms with E-state index in [9.17, 15) is 5.11 Å². The first-order valence-corrected chi connectivity index (χ1v) is 7.65. The Bertz CT molecular complexity index is 580. The van der Waals surface area contributed by atoms with Gasteiger partial charge < -0.3 is 5.11 Å². The van der Waals surface area contributed by atoms with Crippen molar-refractivity contribution in [3.8, 4) is 0 Å². The van der Waals surface area contributed by atoms with Gasteiger partial charge >= 0.3 is 0 Å². The molecule has 0 aliphatic heterocycles. The minimum absolute atomic E-state index is 0.410. The molecular formula is C13H17N5OS. The lowest BCUT2D eigenvalue weighted by molar-refractivity contribution is 0.199. The summed E-state index contributed by atoms with van der Waals surface area (Å²) in [5, 5.41) is 23.2. The van der Waals surface area contributed by atoms with Gasteiger partial charge in [0.15, 0.2) is 0 Å². The zero-order chi connectivity index (χ0) is 13.9. The monoisotopic (exact) mass is 291 g/mol. The van der Waals surface area contributed by atoms with Gasteiger partial charge in [-0.2, -0.15) is 0 Å². The molecule has 1 saturated carbocycles. The molecule has 106 valence electrons. The van der Waals surface area contributed by atoms with Gasteiger partial charge in [-0.1, -0.05) is 12.8 Å². The SMILES string of the molecule is C[C@@H](O)c1ccnc(Sc2nnnn2C2CCCC2)c1. The quantitative estimate of drug-likeness (QED) is 0.932. The maximum atomic E-state index is 9.62. The predicted octanol–water partition coefficient (Wildman–Crippen LogP) is 2.39. The summed E-state index contributed by atoms with van der Waals surface area (Å²) in [6.45, 7) is 1.74. The second-order valence-electron chi connectivity index (χ2n) is 5.05. The first-order valence-electron chi connectivity index (χ1n) is 6.84. The van der Waals surface area contributed by atoms with Gasteiger partial charge in [-0.05, 0) is 59.7 Å². The molecule has 0 unspecified atom stereocenters. The molecule has 2 heterocycles. The lowest BCUT2D eigenvalue weighted by Crippen LogP contribution is -2.08. The van der Waals surface area contributed by atoms with Gasteiger partial charge in [-0.25, -0.2) is 9.67 Å². The van der Waals surface area contributed by atoms with Crippen LogP contribution in [0.25, 0.3) is 0 Å². The highest BCUT2D eigenvalue weighted by Gasteiger charge is 2.22. The molecule has 1 aliphatic carbocycles. The molecule has 2 aromatic heterocycles. The normalized spacial score (nSPS) is 17.5. The van der Waals surface area contributed by atoms with Crippen LogP contribution in [0.5, 0.6) is 0 Å². The van der Waals surface area contributed by atoms with E-state index in [1.165, 1.54) is 24.6 Å². The maximum Gasteiger partial charge on any atom is 0.215 e. The van der Waals surface area contributed by atoms with Crippen molar-refractivity contribution < 1.29 is 5.11 Å². The summed E-state index contributed by atoms with van der Waals surface area (Å²) in [6, 6.07) is 4.10. The first-order chi connectivity index (χ1) is 9.74. The average Bonchev–Trinajstić information content (AvgIpc) is 3.09. The van der Waals surface area contributed by atoms with Crippen molar-refractivity contribution >= 4 is 11.8 Å². The maximum absolute atomic E-state index is 9.62. The van der Waals surface area contributed by atoms with Crippen LogP contribution in [0, 0.1) is 0 Å². The Kier molecular flexibility index (Phi) is 3.98. The number of nitrogens with zero attached hydrogens (tertiary/aromatic N) is 5. The highest BCUT2D eigenvalue weighted by Crippen LogP contribution is 2.33. The average molecular weight is 291 g/mol. The molecule has 0 spiro atoms. The second kappa shape index (κ2) is 5.88. The lowest BCUT2D eigenvalue weighted by Gasteiger charge is -2.11. The van der Waals surface area contributed by atoms with Crippen LogP contribution in [0.2, 0.25) is 0 Å². The number of pyridine rings is 1. The van der Waals surface area contributed by atoms with E-state index in [1.54, 1.807) is 13.1 Å². The van der Waals surface area contributed by atoms with Gasteiger partial charge in [-0.3, -0.25) is 0 Å². The molecule has 1 N–H and O–H groups in total. The van der Waals surface area contributed by atoms with Gasteiger partial charge in [0.05, 0.1) is 12.1 Å². The third-order valence-electron chi connectivity index (χ3n) is 3.57. The van der Waals surface area contributed by atoms with E-state index >= 15 is 0 Å². The van der Waals surface area contributed by atoms with Crippen LogP contribution in [0.4, 0.5) is 0 Å². The molecule has 0 amide bonds. The largest absolute Gasteiger partial charge is 0.389 e. The van der Waals surface area contributed by atoms with E-state index < -0.39 is 6.10 Å². The second-order valence-corrected chi connectivity index (χ2v) is 6.04. The van der Waals surface area contributed by atoms with Crippen molar-refractivity contribution in [2.45, 2.75) is 54.9 Å². The van der Waals surface area contributed by atoms with E-state index in [0.29, 0.717) is 6.04 Å². The number of hydrogen-bond acceptors (Lipinski definition) is 6. The van der Waals surface area contributed by atoms with Crippen LogP contribution in [-0.4, -0.2) is 30.3 Å². The standard InChI is InChI=1S/C13H17N5OS/c1-9(19)10-6-7-14-12(8-10)20-13-15-16-17-18(13)11-4-2-3-5-11/h6-9,11,19H,2-5H2,1H3/t9-/m1/s1. The van der Waals surface area contributed by atoms with Crippen LogP contribution < -0.4 is 0 Å². The van der Waals surface area contributed by atoms with E-state index in [2.05, 4.69) is 20.5 Å². The molecule has 0 aromatic carbocycles. The van der Waals surface area contributed by atoms with Crippen LogP contribution in [0.3, 0.4) is 0 Å². The van der Waals surface area contributed by atoms with E-state index in [1.807, 2.05) is 16.8 Å². The molecule has 0 saturated heterocycles. The topological polar surface area (TPSA) is 76.7 Å². The third kappa shape index (κ3) is 2.83. The summed E-state index contributed by atoms with van der Waals surface area (Å²) < 4.78 is 1.91. The van der Waals surface area contributed by atoms with Crippen molar-refractivity contribution in [1.82, 2.24) is 25.2 Å². The molecule has 1 fully saturated rings. The summed E-state index contributed by atoms with van der Waals surface area (Å²) in [5.41, 5.74) is 0.849. The number of hydrogen-bond donors (Lipinski definition) is 1. The minimum atomic E-state index is -0.497. The number of aliphatic hydroxyl groups excluding tert-OH is 1. The lowest BCUT2D eigenvalue weighted by atomic mass is 10.2. The van der Waals surface area contributed by atoms with Crippen molar-refractivity contribution in [2.24, 2.45) is 0 Å². The Labute approximate surface area is 121 Å². The van der Waals surface area contributed by atoms with E-state index in [0.717, 1.165) is 28.6 Å². The van der Waals surface area contributed by atoms with Crippen molar-refractivity contribution in [3.05, 3.63) is 23.9 Å². The van der Waals surface area contributed by atoms with Gasteiger partial charge in [-0.15, -0.1) is 5.10 Å². The van der Waals surface area contributed by atoms with Gasteiger partial charge in [0.1, 0.15) is 5.03 Å². The molecule has 7 heteroatoms. The zero-order valence-electron chi connectivity index (χ0n) is 11.3. The fourth-order valence-electron chi connectivity index (χ4n) is 2.46. The predicted molar refractivity (Wildman–Crippen MR) is 74.3 cm³/mol. The molecular weight excluding hydrogens is 274 g/mol. The van der Waals surface area contributed by atoms with Crippen molar-refractivity contribution in [2.75, 3.05) is 0 Å². The minimum Gasteiger partial charge on any atom is -0.389 e. The van der Waals surface area contributed by atoms with E-state index in [4.69, 9.17) is 0 Å². The number of aliphatic hydroxyl groups is 1. The highest BCUT2D eigenvalue weighted by atomic mass is 32.2. The fourth-order valence-corrected chi connectivity index (χ4v) is 3.32. The molecule has 6 nitrogen and oxygen atoms in total. The van der Waals surface area contributed by atoms with Crippen LogP contribution >= 0.6 is 11.8 Å².